The Morgan fingerprint density at radius 1 is 0.964 bits per heavy atom. The summed E-state index contributed by atoms with van der Waals surface area (Å²) in [7, 11) is -0.691. The van der Waals surface area contributed by atoms with E-state index in [-0.39, 0.29) is 9.34 Å². The minimum Gasteiger partial charge on any atom is -0.308 e. The van der Waals surface area contributed by atoms with E-state index in [0.29, 0.717) is 11.4 Å². The Morgan fingerprint density at radius 2 is 1.57 bits per heavy atom. The molecule has 1 aromatic heterocycles. The normalized spacial score (nSPS) is 11.4. The first-order valence-corrected chi connectivity index (χ1v) is 10.7. The molecule has 0 fully saturated rings. The van der Waals surface area contributed by atoms with Gasteiger partial charge in [0.05, 0.1) is 5.69 Å². The number of hydrogen-bond acceptors (Lipinski definition) is 5. The number of amides is 2. The molecule has 0 aliphatic carbocycles. The fraction of sp³-hybridized carbons (Fsp3) is 0.158. The van der Waals surface area contributed by atoms with Crippen LogP contribution in [0.2, 0.25) is 0 Å². The van der Waals surface area contributed by atoms with Gasteiger partial charge in [-0.3, -0.25) is 5.32 Å². The topological polar surface area (TPSA) is 91.4 Å². The zero-order valence-corrected chi connectivity index (χ0v) is 17.3. The van der Waals surface area contributed by atoms with Crippen LogP contribution in [-0.4, -0.2) is 37.8 Å². The standard InChI is InChI=1S/C19H20N4O3S2/c1-13-17(28(25,26)23(2)3)27-19(20-13)22-18(24)21-16-11-9-15(10-12-16)14-7-5-4-6-8-14/h4-12H,1-3H3,(H2,20,21,22,24). The van der Waals surface area contributed by atoms with Crippen molar-refractivity contribution in [3.63, 3.8) is 0 Å². The fourth-order valence-corrected chi connectivity index (χ4v) is 5.03. The van der Waals surface area contributed by atoms with E-state index in [1.54, 1.807) is 19.1 Å². The number of sulfonamides is 1. The summed E-state index contributed by atoms with van der Waals surface area (Å²) in [6.45, 7) is 1.60. The minimum absolute atomic E-state index is 0.111. The van der Waals surface area contributed by atoms with Gasteiger partial charge in [0.1, 0.15) is 0 Å². The molecule has 28 heavy (non-hydrogen) atoms. The second-order valence-corrected chi connectivity index (χ2v) is 9.55. The van der Waals surface area contributed by atoms with Gasteiger partial charge in [0, 0.05) is 19.8 Å². The lowest BCUT2D eigenvalue weighted by Gasteiger charge is -2.09. The maximum absolute atomic E-state index is 12.3. The van der Waals surface area contributed by atoms with E-state index < -0.39 is 16.1 Å². The van der Waals surface area contributed by atoms with Crippen LogP contribution in [0.1, 0.15) is 5.69 Å². The molecule has 146 valence electrons. The van der Waals surface area contributed by atoms with E-state index >= 15 is 0 Å². The van der Waals surface area contributed by atoms with Crippen molar-refractivity contribution in [3.05, 3.63) is 60.3 Å². The molecule has 0 bridgehead atoms. The third-order valence-electron chi connectivity index (χ3n) is 3.94. The Morgan fingerprint density at radius 3 is 2.18 bits per heavy atom. The summed E-state index contributed by atoms with van der Waals surface area (Å²) in [6.07, 6.45) is 0. The van der Waals surface area contributed by atoms with Crippen molar-refractivity contribution < 1.29 is 13.2 Å². The maximum Gasteiger partial charge on any atom is 0.325 e. The average Bonchev–Trinajstić information content (AvgIpc) is 3.03. The smallest absolute Gasteiger partial charge is 0.308 e. The van der Waals surface area contributed by atoms with Gasteiger partial charge < -0.3 is 5.32 Å². The summed E-state index contributed by atoms with van der Waals surface area (Å²) in [5.41, 5.74) is 3.10. The predicted octanol–water partition coefficient (Wildman–Crippen LogP) is 4.01. The van der Waals surface area contributed by atoms with Crippen LogP contribution >= 0.6 is 11.3 Å². The number of carbonyl (C=O) groups excluding carboxylic acids is 1. The van der Waals surface area contributed by atoms with Gasteiger partial charge in [0.15, 0.2) is 9.34 Å². The van der Waals surface area contributed by atoms with Crippen molar-refractivity contribution >= 4 is 38.2 Å². The van der Waals surface area contributed by atoms with Gasteiger partial charge in [-0.1, -0.05) is 53.8 Å². The molecule has 0 saturated heterocycles. The SMILES string of the molecule is Cc1nc(NC(=O)Nc2ccc(-c3ccccc3)cc2)sc1S(=O)(=O)N(C)C. The lowest BCUT2D eigenvalue weighted by atomic mass is 10.1. The number of benzene rings is 2. The van der Waals surface area contributed by atoms with Gasteiger partial charge in [-0.05, 0) is 30.2 Å². The first kappa shape index (κ1) is 20.0. The molecule has 0 aliphatic heterocycles. The molecule has 0 atom stereocenters. The molecule has 1 heterocycles. The molecule has 0 unspecified atom stereocenters. The highest BCUT2D eigenvalue weighted by Crippen LogP contribution is 2.29. The van der Waals surface area contributed by atoms with Crippen molar-refractivity contribution in [3.8, 4) is 11.1 Å². The van der Waals surface area contributed by atoms with Crippen LogP contribution in [0, 0.1) is 6.92 Å². The van der Waals surface area contributed by atoms with Crippen molar-refractivity contribution in [1.82, 2.24) is 9.29 Å². The summed E-state index contributed by atoms with van der Waals surface area (Å²) in [6, 6.07) is 16.9. The Hall–Kier alpha value is -2.75. The van der Waals surface area contributed by atoms with Crippen molar-refractivity contribution in [2.24, 2.45) is 0 Å². The Bertz CT molecular complexity index is 1080. The predicted molar refractivity (Wildman–Crippen MR) is 112 cm³/mol. The van der Waals surface area contributed by atoms with E-state index in [4.69, 9.17) is 0 Å². The van der Waals surface area contributed by atoms with Crippen LogP contribution < -0.4 is 10.6 Å². The zero-order valence-electron chi connectivity index (χ0n) is 15.6. The van der Waals surface area contributed by atoms with Gasteiger partial charge in [-0.2, -0.15) is 0 Å². The van der Waals surface area contributed by atoms with Crippen LogP contribution in [0.15, 0.2) is 58.8 Å². The summed E-state index contributed by atoms with van der Waals surface area (Å²) in [4.78, 5) is 16.4. The van der Waals surface area contributed by atoms with E-state index in [1.807, 2.05) is 42.5 Å². The van der Waals surface area contributed by atoms with Crippen LogP contribution in [-0.2, 0) is 10.0 Å². The first-order chi connectivity index (χ1) is 13.3. The van der Waals surface area contributed by atoms with Crippen LogP contribution in [0.25, 0.3) is 11.1 Å². The number of anilines is 2. The highest BCUT2D eigenvalue weighted by Gasteiger charge is 2.24. The fourth-order valence-electron chi connectivity index (χ4n) is 2.48. The maximum atomic E-state index is 12.3. The van der Waals surface area contributed by atoms with Crippen molar-refractivity contribution in [2.75, 3.05) is 24.7 Å². The summed E-state index contributed by atoms with van der Waals surface area (Å²) >= 11 is 0.921. The van der Waals surface area contributed by atoms with Gasteiger partial charge in [0.25, 0.3) is 10.0 Å². The van der Waals surface area contributed by atoms with E-state index in [1.165, 1.54) is 14.1 Å². The number of thiazole rings is 1. The first-order valence-electron chi connectivity index (χ1n) is 8.41. The van der Waals surface area contributed by atoms with Gasteiger partial charge in [-0.25, -0.2) is 22.5 Å². The molecule has 2 aromatic carbocycles. The molecular weight excluding hydrogens is 396 g/mol. The third kappa shape index (κ3) is 4.38. The highest BCUT2D eigenvalue weighted by molar-refractivity contribution is 7.91. The Labute approximate surface area is 168 Å². The molecule has 9 heteroatoms. The molecule has 2 N–H and O–H groups in total. The lowest BCUT2D eigenvalue weighted by Crippen LogP contribution is -2.21. The largest absolute Gasteiger partial charge is 0.325 e. The second kappa shape index (κ2) is 8.09. The summed E-state index contributed by atoms with van der Waals surface area (Å²) in [5, 5.41) is 5.52. The zero-order chi connectivity index (χ0) is 20.3. The molecule has 2 amide bonds. The second-order valence-electron chi connectivity index (χ2n) is 6.20. The molecule has 0 aliphatic rings. The monoisotopic (exact) mass is 416 g/mol. The van der Waals surface area contributed by atoms with Crippen LogP contribution in [0.3, 0.4) is 0 Å². The van der Waals surface area contributed by atoms with E-state index in [0.717, 1.165) is 26.8 Å². The Balaban J connectivity index is 1.68. The van der Waals surface area contributed by atoms with Crippen LogP contribution in [0.4, 0.5) is 15.6 Å². The lowest BCUT2D eigenvalue weighted by molar-refractivity contribution is 0.262. The number of rotatable bonds is 5. The number of nitrogens with zero attached hydrogens (tertiary/aromatic N) is 2. The molecular formula is C19H20N4O3S2. The molecule has 0 radical (unpaired) electrons. The Kier molecular flexibility index (Phi) is 5.78. The number of aromatic nitrogens is 1. The quantitative estimate of drug-likeness (QED) is 0.657. The number of nitrogens with one attached hydrogen (secondary N) is 2. The average molecular weight is 417 g/mol. The summed E-state index contributed by atoms with van der Waals surface area (Å²) < 4.78 is 25.7. The van der Waals surface area contributed by atoms with E-state index in [2.05, 4.69) is 15.6 Å². The number of urea groups is 1. The van der Waals surface area contributed by atoms with Crippen LogP contribution in [0.5, 0.6) is 0 Å². The number of carbonyl (C=O) groups is 1. The molecule has 0 saturated carbocycles. The van der Waals surface area contributed by atoms with Crippen molar-refractivity contribution in [2.45, 2.75) is 11.1 Å². The molecule has 7 nitrogen and oxygen atoms in total. The summed E-state index contributed by atoms with van der Waals surface area (Å²) in [5.74, 6) is 0. The van der Waals surface area contributed by atoms with E-state index in [9.17, 15) is 13.2 Å². The third-order valence-corrected chi connectivity index (χ3v) is 7.41. The van der Waals surface area contributed by atoms with Gasteiger partial charge in [0.2, 0.25) is 0 Å². The number of aryl methyl sites for hydroxylation is 1. The molecule has 3 aromatic rings. The van der Waals surface area contributed by atoms with Gasteiger partial charge in [-0.15, -0.1) is 0 Å². The highest BCUT2D eigenvalue weighted by atomic mass is 32.2. The molecule has 3 rings (SSSR count). The number of hydrogen-bond donors (Lipinski definition) is 2. The molecule has 0 spiro atoms. The van der Waals surface area contributed by atoms with Crippen molar-refractivity contribution in [1.29, 1.82) is 0 Å². The van der Waals surface area contributed by atoms with Gasteiger partial charge >= 0.3 is 6.03 Å². The minimum atomic E-state index is -3.59.